The highest BCUT2D eigenvalue weighted by molar-refractivity contribution is 5.39. The van der Waals surface area contributed by atoms with Gasteiger partial charge in [0.2, 0.25) is 0 Å². The van der Waals surface area contributed by atoms with Crippen molar-refractivity contribution < 1.29 is 0 Å². The van der Waals surface area contributed by atoms with Crippen LogP contribution in [0, 0.1) is 0 Å². The predicted octanol–water partition coefficient (Wildman–Crippen LogP) is 2.98. The molecular formula is C16H21N3. The highest BCUT2D eigenvalue weighted by atomic mass is 15.3. The van der Waals surface area contributed by atoms with Crippen molar-refractivity contribution in [3.8, 4) is 5.69 Å². The molecule has 0 spiro atoms. The number of rotatable bonds is 2. The minimum Gasteiger partial charge on any atom is -0.302 e. The molecule has 3 nitrogen and oxygen atoms in total. The van der Waals surface area contributed by atoms with E-state index in [9.17, 15) is 0 Å². The zero-order valence-electron chi connectivity index (χ0n) is 11.9. The van der Waals surface area contributed by atoms with Crippen LogP contribution in [0.2, 0.25) is 0 Å². The van der Waals surface area contributed by atoms with Crippen molar-refractivity contribution in [1.82, 2.24) is 14.7 Å². The van der Waals surface area contributed by atoms with Gasteiger partial charge in [0.25, 0.3) is 0 Å². The minimum absolute atomic E-state index is 0.489. The van der Waals surface area contributed by atoms with E-state index in [1.54, 1.807) is 0 Å². The fourth-order valence-corrected chi connectivity index (χ4v) is 2.89. The molecule has 1 aliphatic heterocycles. The molecule has 0 saturated heterocycles. The van der Waals surface area contributed by atoms with Gasteiger partial charge >= 0.3 is 0 Å². The fraction of sp³-hybridized carbons (Fsp3) is 0.438. The van der Waals surface area contributed by atoms with Crippen molar-refractivity contribution in [3.05, 3.63) is 47.3 Å². The Bertz CT molecular complexity index is 569. The van der Waals surface area contributed by atoms with Crippen molar-refractivity contribution in [2.75, 3.05) is 13.6 Å². The lowest BCUT2D eigenvalue weighted by atomic mass is 9.99. The van der Waals surface area contributed by atoms with Crippen molar-refractivity contribution in [2.24, 2.45) is 0 Å². The maximum absolute atomic E-state index is 4.87. The maximum atomic E-state index is 4.87. The second-order valence-electron chi connectivity index (χ2n) is 5.70. The first-order valence-corrected chi connectivity index (χ1v) is 7.01. The molecule has 0 unspecified atom stereocenters. The van der Waals surface area contributed by atoms with E-state index in [-0.39, 0.29) is 0 Å². The Morgan fingerprint density at radius 2 is 1.89 bits per heavy atom. The Morgan fingerprint density at radius 3 is 2.58 bits per heavy atom. The smallest absolute Gasteiger partial charge is 0.0689 e. The standard InChI is InChI=1S/C16H21N3/c1-12(2)16-14-11-18(3)10-9-15(14)17-19(16)13-7-5-4-6-8-13/h4-8,12H,9-11H2,1-3H3. The summed E-state index contributed by atoms with van der Waals surface area (Å²) in [5.74, 6) is 0.489. The number of para-hydroxylation sites is 1. The summed E-state index contributed by atoms with van der Waals surface area (Å²) in [5.41, 5.74) is 5.26. The molecular weight excluding hydrogens is 234 g/mol. The summed E-state index contributed by atoms with van der Waals surface area (Å²) < 4.78 is 2.15. The first-order chi connectivity index (χ1) is 9.16. The largest absolute Gasteiger partial charge is 0.302 e. The van der Waals surface area contributed by atoms with E-state index >= 15 is 0 Å². The van der Waals surface area contributed by atoms with Crippen LogP contribution < -0.4 is 0 Å². The number of fused-ring (bicyclic) bond motifs is 1. The average molecular weight is 255 g/mol. The van der Waals surface area contributed by atoms with Crippen LogP contribution in [0.3, 0.4) is 0 Å². The molecule has 3 heteroatoms. The summed E-state index contributed by atoms with van der Waals surface area (Å²) in [7, 11) is 2.19. The molecule has 0 radical (unpaired) electrons. The summed E-state index contributed by atoms with van der Waals surface area (Å²) in [4.78, 5) is 2.38. The number of hydrogen-bond acceptors (Lipinski definition) is 2. The van der Waals surface area contributed by atoms with Crippen LogP contribution in [0.25, 0.3) is 5.69 Å². The lowest BCUT2D eigenvalue weighted by molar-refractivity contribution is 0.310. The summed E-state index contributed by atoms with van der Waals surface area (Å²) in [6, 6.07) is 10.5. The van der Waals surface area contributed by atoms with E-state index in [4.69, 9.17) is 5.10 Å². The number of benzene rings is 1. The average Bonchev–Trinajstić information content (AvgIpc) is 2.78. The van der Waals surface area contributed by atoms with Gasteiger partial charge in [-0.3, -0.25) is 0 Å². The monoisotopic (exact) mass is 255 g/mol. The molecule has 0 N–H and O–H groups in total. The van der Waals surface area contributed by atoms with Crippen molar-refractivity contribution in [1.29, 1.82) is 0 Å². The zero-order chi connectivity index (χ0) is 13.4. The Kier molecular flexibility index (Phi) is 3.15. The van der Waals surface area contributed by atoms with E-state index in [0.29, 0.717) is 5.92 Å². The molecule has 1 aromatic heterocycles. The van der Waals surface area contributed by atoms with Crippen LogP contribution in [-0.4, -0.2) is 28.3 Å². The van der Waals surface area contributed by atoms with Crippen molar-refractivity contribution in [3.63, 3.8) is 0 Å². The summed E-state index contributed by atoms with van der Waals surface area (Å²) >= 11 is 0. The molecule has 0 amide bonds. The molecule has 1 aromatic carbocycles. The molecule has 2 heterocycles. The summed E-state index contributed by atoms with van der Waals surface area (Å²) in [5, 5.41) is 4.87. The highest BCUT2D eigenvalue weighted by Crippen LogP contribution is 2.29. The van der Waals surface area contributed by atoms with Crippen LogP contribution in [-0.2, 0) is 13.0 Å². The SMILES string of the molecule is CC(C)c1c2c(nn1-c1ccccc1)CCN(C)C2. The molecule has 0 fully saturated rings. The second-order valence-corrected chi connectivity index (χ2v) is 5.70. The second kappa shape index (κ2) is 4.82. The van der Waals surface area contributed by atoms with Gasteiger partial charge in [0.15, 0.2) is 0 Å². The van der Waals surface area contributed by atoms with E-state index in [0.717, 1.165) is 19.5 Å². The van der Waals surface area contributed by atoms with E-state index in [1.807, 2.05) is 0 Å². The Hall–Kier alpha value is -1.61. The zero-order valence-corrected chi connectivity index (χ0v) is 11.9. The van der Waals surface area contributed by atoms with Gasteiger partial charge in [-0.2, -0.15) is 5.10 Å². The lowest BCUT2D eigenvalue weighted by Gasteiger charge is -2.23. The van der Waals surface area contributed by atoms with Gasteiger partial charge in [-0.05, 0) is 25.1 Å². The van der Waals surface area contributed by atoms with Crippen LogP contribution >= 0.6 is 0 Å². The Morgan fingerprint density at radius 1 is 1.16 bits per heavy atom. The number of hydrogen-bond donors (Lipinski definition) is 0. The molecule has 100 valence electrons. The van der Waals surface area contributed by atoms with Gasteiger partial charge in [-0.1, -0.05) is 32.0 Å². The first kappa shape index (κ1) is 12.4. The van der Waals surface area contributed by atoms with Gasteiger partial charge in [0.05, 0.1) is 17.1 Å². The van der Waals surface area contributed by atoms with Crippen LogP contribution in [0.15, 0.2) is 30.3 Å². The number of aromatic nitrogens is 2. The fourth-order valence-electron chi connectivity index (χ4n) is 2.89. The number of nitrogens with zero attached hydrogens (tertiary/aromatic N) is 3. The number of likely N-dealkylation sites (N-methyl/N-ethyl adjacent to an activating group) is 1. The molecule has 0 bridgehead atoms. The van der Waals surface area contributed by atoms with E-state index in [1.165, 1.54) is 22.6 Å². The van der Waals surface area contributed by atoms with Crippen molar-refractivity contribution in [2.45, 2.75) is 32.7 Å². The molecule has 3 rings (SSSR count). The maximum Gasteiger partial charge on any atom is 0.0689 e. The summed E-state index contributed by atoms with van der Waals surface area (Å²) in [6.07, 6.45) is 1.06. The predicted molar refractivity (Wildman–Crippen MR) is 77.7 cm³/mol. The molecule has 0 aliphatic carbocycles. The van der Waals surface area contributed by atoms with Crippen LogP contribution in [0.5, 0.6) is 0 Å². The topological polar surface area (TPSA) is 21.1 Å². The van der Waals surface area contributed by atoms with Crippen LogP contribution in [0.1, 0.15) is 36.7 Å². The Labute approximate surface area is 114 Å². The molecule has 1 aliphatic rings. The summed E-state index contributed by atoms with van der Waals surface area (Å²) in [6.45, 7) is 6.64. The third-order valence-electron chi connectivity index (χ3n) is 3.81. The van der Waals surface area contributed by atoms with Crippen molar-refractivity contribution >= 4 is 0 Å². The lowest BCUT2D eigenvalue weighted by Crippen LogP contribution is -2.26. The van der Waals surface area contributed by atoms with E-state index in [2.05, 4.69) is 60.8 Å². The molecule has 2 aromatic rings. The van der Waals surface area contributed by atoms with Gasteiger partial charge in [-0.25, -0.2) is 4.68 Å². The molecule has 19 heavy (non-hydrogen) atoms. The normalized spacial score (nSPS) is 15.8. The third-order valence-corrected chi connectivity index (χ3v) is 3.81. The third kappa shape index (κ3) is 2.19. The Balaban J connectivity index is 2.15. The van der Waals surface area contributed by atoms with Gasteiger partial charge in [0, 0.05) is 25.1 Å². The minimum atomic E-state index is 0.489. The highest BCUT2D eigenvalue weighted by Gasteiger charge is 2.24. The van der Waals surface area contributed by atoms with Gasteiger partial charge in [0.1, 0.15) is 0 Å². The van der Waals surface area contributed by atoms with E-state index < -0.39 is 0 Å². The first-order valence-electron chi connectivity index (χ1n) is 7.01. The molecule has 0 saturated carbocycles. The van der Waals surface area contributed by atoms with Gasteiger partial charge in [-0.15, -0.1) is 0 Å². The van der Waals surface area contributed by atoms with Crippen LogP contribution in [0.4, 0.5) is 0 Å². The molecule has 0 atom stereocenters. The quantitative estimate of drug-likeness (QED) is 0.822. The van der Waals surface area contributed by atoms with Gasteiger partial charge < -0.3 is 4.90 Å².